The van der Waals surface area contributed by atoms with Crippen LogP contribution in [0.2, 0.25) is 0 Å². The molecule has 0 spiro atoms. The van der Waals surface area contributed by atoms with Gasteiger partial charge >= 0.3 is 0 Å². The normalized spacial score (nSPS) is 14.7. The highest BCUT2D eigenvalue weighted by Gasteiger charge is 2.22. The van der Waals surface area contributed by atoms with Crippen LogP contribution in [0.4, 0.5) is 16.0 Å². The molecule has 138 valence electrons. The lowest BCUT2D eigenvalue weighted by atomic mass is 10.2. The van der Waals surface area contributed by atoms with Crippen molar-refractivity contribution < 1.29 is 9.18 Å². The maximum atomic E-state index is 14.0. The van der Waals surface area contributed by atoms with Crippen LogP contribution in [0.15, 0.2) is 30.3 Å². The Hall–Kier alpha value is -2.70. The minimum atomic E-state index is -0.208. The van der Waals surface area contributed by atoms with E-state index < -0.39 is 0 Å². The van der Waals surface area contributed by atoms with Crippen molar-refractivity contribution in [1.82, 2.24) is 15.3 Å². The summed E-state index contributed by atoms with van der Waals surface area (Å²) in [6, 6.07) is 8.54. The van der Waals surface area contributed by atoms with Gasteiger partial charge in [0.05, 0.1) is 5.69 Å². The average molecular weight is 357 g/mol. The summed E-state index contributed by atoms with van der Waals surface area (Å²) in [6.07, 6.45) is 0. The predicted octanol–water partition coefficient (Wildman–Crippen LogP) is 2.39. The molecule has 1 N–H and O–H groups in total. The van der Waals surface area contributed by atoms with Crippen molar-refractivity contribution >= 4 is 17.5 Å². The van der Waals surface area contributed by atoms with Crippen molar-refractivity contribution in [2.24, 2.45) is 0 Å². The van der Waals surface area contributed by atoms with Gasteiger partial charge in [-0.2, -0.15) is 0 Å². The third-order valence-electron chi connectivity index (χ3n) is 4.25. The molecule has 2 heterocycles. The number of nitrogens with one attached hydrogen (secondary N) is 1. The zero-order valence-electron chi connectivity index (χ0n) is 15.4. The van der Waals surface area contributed by atoms with Crippen molar-refractivity contribution in [3.63, 3.8) is 0 Å². The SMILES string of the molecule is Cc1cc(C(=O)NC(C)C)nc(N2CCN(c3ccccc3F)CC2)n1. The number of carbonyl (C=O) groups excluding carboxylic acids is 1. The smallest absolute Gasteiger partial charge is 0.270 e. The zero-order chi connectivity index (χ0) is 18.7. The Morgan fingerprint density at radius 2 is 1.77 bits per heavy atom. The number of aromatic nitrogens is 2. The van der Waals surface area contributed by atoms with Crippen molar-refractivity contribution in [2.75, 3.05) is 36.0 Å². The molecule has 1 aliphatic heterocycles. The van der Waals surface area contributed by atoms with Crippen molar-refractivity contribution in [3.05, 3.63) is 47.5 Å². The summed E-state index contributed by atoms with van der Waals surface area (Å²) in [5.74, 6) is 0.143. The third kappa shape index (κ3) is 4.09. The number of amides is 1. The van der Waals surface area contributed by atoms with E-state index in [0.717, 1.165) is 5.69 Å². The van der Waals surface area contributed by atoms with Crippen LogP contribution in [0.5, 0.6) is 0 Å². The van der Waals surface area contributed by atoms with E-state index in [1.165, 1.54) is 6.07 Å². The molecular weight excluding hydrogens is 333 g/mol. The summed E-state index contributed by atoms with van der Waals surface area (Å²) in [7, 11) is 0. The maximum Gasteiger partial charge on any atom is 0.270 e. The van der Waals surface area contributed by atoms with E-state index in [2.05, 4.69) is 15.3 Å². The molecule has 0 aliphatic carbocycles. The quantitative estimate of drug-likeness (QED) is 0.910. The number of aryl methyl sites for hydroxylation is 1. The van der Waals surface area contributed by atoms with Gasteiger partial charge in [0.15, 0.2) is 0 Å². The monoisotopic (exact) mass is 357 g/mol. The lowest BCUT2D eigenvalue weighted by Crippen LogP contribution is -2.47. The number of piperazine rings is 1. The van der Waals surface area contributed by atoms with Crippen molar-refractivity contribution in [2.45, 2.75) is 26.8 Å². The summed E-state index contributed by atoms with van der Waals surface area (Å²) in [5.41, 5.74) is 1.74. The fourth-order valence-corrected chi connectivity index (χ4v) is 3.00. The molecule has 0 bridgehead atoms. The number of anilines is 2. The number of rotatable bonds is 4. The fourth-order valence-electron chi connectivity index (χ4n) is 3.00. The lowest BCUT2D eigenvalue weighted by Gasteiger charge is -2.36. The first-order chi connectivity index (χ1) is 12.4. The van der Waals surface area contributed by atoms with E-state index in [1.807, 2.05) is 36.6 Å². The zero-order valence-corrected chi connectivity index (χ0v) is 15.4. The van der Waals surface area contributed by atoms with Crippen LogP contribution < -0.4 is 15.1 Å². The van der Waals surface area contributed by atoms with E-state index in [-0.39, 0.29) is 17.8 Å². The number of para-hydroxylation sites is 1. The number of hydrogen-bond acceptors (Lipinski definition) is 5. The first-order valence-corrected chi connectivity index (χ1v) is 8.85. The first-order valence-electron chi connectivity index (χ1n) is 8.85. The van der Waals surface area contributed by atoms with Crippen LogP contribution in [-0.2, 0) is 0 Å². The van der Waals surface area contributed by atoms with Crippen LogP contribution in [0, 0.1) is 12.7 Å². The Balaban J connectivity index is 1.72. The number of carbonyl (C=O) groups is 1. The summed E-state index contributed by atoms with van der Waals surface area (Å²) >= 11 is 0. The predicted molar refractivity (Wildman–Crippen MR) is 100 cm³/mol. The average Bonchev–Trinajstić information content (AvgIpc) is 2.61. The third-order valence-corrected chi connectivity index (χ3v) is 4.25. The lowest BCUT2D eigenvalue weighted by molar-refractivity contribution is 0.0938. The highest BCUT2D eigenvalue weighted by molar-refractivity contribution is 5.92. The summed E-state index contributed by atoms with van der Waals surface area (Å²) in [5, 5.41) is 2.85. The second-order valence-electron chi connectivity index (χ2n) is 6.75. The molecule has 0 radical (unpaired) electrons. The Bertz CT molecular complexity index is 787. The molecule has 0 unspecified atom stereocenters. The van der Waals surface area contributed by atoms with Crippen molar-refractivity contribution in [3.8, 4) is 0 Å². The van der Waals surface area contributed by atoms with Gasteiger partial charge < -0.3 is 15.1 Å². The maximum absolute atomic E-state index is 14.0. The van der Waals surface area contributed by atoms with Crippen LogP contribution in [-0.4, -0.2) is 48.1 Å². The molecule has 1 aliphatic rings. The Morgan fingerprint density at radius 1 is 1.12 bits per heavy atom. The Kier molecular flexibility index (Phi) is 5.35. The van der Waals surface area contributed by atoms with E-state index >= 15 is 0 Å². The van der Waals surface area contributed by atoms with Gasteiger partial charge in [-0.05, 0) is 39.0 Å². The minimum Gasteiger partial charge on any atom is -0.366 e. The van der Waals surface area contributed by atoms with Crippen LogP contribution in [0.1, 0.15) is 30.0 Å². The van der Waals surface area contributed by atoms with Gasteiger partial charge in [-0.3, -0.25) is 4.79 Å². The summed E-state index contributed by atoms with van der Waals surface area (Å²) < 4.78 is 14.0. The number of halogens is 1. The molecule has 0 atom stereocenters. The van der Waals surface area contributed by atoms with E-state index in [9.17, 15) is 9.18 Å². The second-order valence-corrected chi connectivity index (χ2v) is 6.75. The molecule has 7 heteroatoms. The highest BCUT2D eigenvalue weighted by atomic mass is 19.1. The van der Waals surface area contributed by atoms with Gasteiger partial charge in [0, 0.05) is 37.9 Å². The molecule has 26 heavy (non-hydrogen) atoms. The Morgan fingerprint density at radius 3 is 2.42 bits per heavy atom. The molecule has 6 nitrogen and oxygen atoms in total. The van der Waals surface area contributed by atoms with Gasteiger partial charge in [-0.1, -0.05) is 12.1 Å². The second kappa shape index (κ2) is 7.68. The molecule has 1 aromatic heterocycles. The highest BCUT2D eigenvalue weighted by Crippen LogP contribution is 2.21. The molecule has 0 saturated carbocycles. The van der Waals surface area contributed by atoms with Gasteiger partial charge in [0.1, 0.15) is 11.5 Å². The van der Waals surface area contributed by atoms with Crippen molar-refractivity contribution in [1.29, 1.82) is 0 Å². The van der Waals surface area contributed by atoms with Gasteiger partial charge in [-0.15, -0.1) is 0 Å². The van der Waals surface area contributed by atoms with Crippen LogP contribution >= 0.6 is 0 Å². The van der Waals surface area contributed by atoms with Crippen LogP contribution in [0.3, 0.4) is 0 Å². The number of hydrogen-bond donors (Lipinski definition) is 1. The summed E-state index contributed by atoms with van der Waals surface area (Å²) in [4.78, 5) is 25.2. The fraction of sp³-hybridized carbons (Fsp3) is 0.421. The van der Waals surface area contributed by atoms with Crippen LogP contribution in [0.25, 0.3) is 0 Å². The molecule has 1 aromatic carbocycles. The molecule has 1 fully saturated rings. The van der Waals surface area contributed by atoms with E-state index in [4.69, 9.17) is 0 Å². The Labute approximate surface area is 153 Å². The number of nitrogens with zero attached hydrogens (tertiary/aromatic N) is 4. The molecular formula is C19H24FN5O. The van der Waals surface area contributed by atoms with Gasteiger partial charge in [-0.25, -0.2) is 14.4 Å². The van der Waals surface area contributed by atoms with Gasteiger partial charge in [0.25, 0.3) is 5.91 Å². The topological polar surface area (TPSA) is 61.4 Å². The summed E-state index contributed by atoms with van der Waals surface area (Å²) in [6.45, 7) is 8.36. The van der Waals surface area contributed by atoms with E-state index in [0.29, 0.717) is 43.5 Å². The minimum absolute atomic E-state index is 0.0468. The van der Waals surface area contributed by atoms with E-state index in [1.54, 1.807) is 18.2 Å². The molecule has 1 amide bonds. The first kappa shape index (κ1) is 18.1. The van der Waals surface area contributed by atoms with Gasteiger partial charge in [0.2, 0.25) is 5.95 Å². The largest absolute Gasteiger partial charge is 0.366 e. The standard InChI is InChI=1S/C19H24FN5O/c1-13(2)21-18(26)16-12-14(3)22-19(23-16)25-10-8-24(9-11-25)17-7-5-4-6-15(17)20/h4-7,12-13H,8-11H2,1-3H3,(H,21,26). The molecule has 1 saturated heterocycles. The molecule has 2 aromatic rings. The number of benzene rings is 1. The molecule has 3 rings (SSSR count).